The highest BCUT2D eigenvalue weighted by molar-refractivity contribution is 9.10. The zero-order valence-electron chi connectivity index (χ0n) is 24.0. The fourth-order valence-corrected chi connectivity index (χ4v) is 6.66. The molecule has 0 saturated carbocycles. The number of hydrogen-bond acceptors (Lipinski definition) is 5. The average Bonchev–Trinajstić information content (AvgIpc) is 2.95. The number of nitrogens with one attached hydrogen (secondary N) is 1. The molecule has 3 rings (SSSR count). The van der Waals surface area contributed by atoms with E-state index in [0.717, 1.165) is 9.87 Å². The summed E-state index contributed by atoms with van der Waals surface area (Å²) in [6, 6.07) is 15.0. The van der Waals surface area contributed by atoms with Gasteiger partial charge in [-0.1, -0.05) is 53.9 Å². The number of benzene rings is 3. The average molecular weight is 699 g/mol. The molecule has 0 heterocycles. The lowest BCUT2D eigenvalue weighted by atomic mass is 10.1. The van der Waals surface area contributed by atoms with Gasteiger partial charge in [-0.25, -0.2) is 8.42 Å². The Balaban J connectivity index is 2.07. The van der Waals surface area contributed by atoms with E-state index in [0.29, 0.717) is 37.9 Å². The number of rotatable bonds is 12. The summed E-state index contributed by atoms with van der Waals surface area (Å²) in [7, 11) is -2.76. The van der Waals surface area contributed by atoms with Crippen LogP contribution < -0.4 is 14.4 Å². The zero-order valence-corrected chi connectivity index (χ0v) is 27.9. The maximum absolute atomic E-state index is 14.1. The standard InChI is InChI=1S/C30H34BrCl2N3O5S/c1-6-20(3)34-30(38)21(4)35(17-22-9-10-23(32)15-27(22)33)29(37)18-36(24-11-7-19(2)8-12-24)42(39,40)25-13-14-28(41-5)26(31)16-25/h7-16,20-21H,6,17-18H2,1-5H3,(H,34,38)/t20-,21+/m1/s1. The second-order valence-electron chi connectivity index (χ2n) is 9.89. The Kier molecular flexibility index (Phi) is 11.7. The minimum Gasteiger partial charge on any atom is -0.496 e. The smallest absolute Gasteiger partial charge is 0.264 e. The van der Waals surface area contributed by atoms with E-state index in [4.69, 9.17) is 27.9 Å². The third kappa shape index (κ3) is 8.18. The molecule has 0 spiro atoms. The van der Waals surface area contributed by atoms with Gasteiger partial charge in [0.1, 0.15) is 18.3 Å². The Morgan fingerprint density at radius 1 is 1.02 bits per heavy atom. The van der Waals surface area contributed by atoms with Crippen molar-refractivity contribution in [1.29, 1.82) is 0 Å². The molecule has 42 heavy (non-hydrogen) atoms. The molecule has 0 aliphatic rings. The lowest BCUT2D eigenvalue weighted by Crippen LogP contribution is -2.52. The van der Waals surface area contributed by atoms with Crippen molar-refractivity contribution in [3.8, 4) is 5.75 Å². The van der Waals surface area contributed by atoms with Crippen LogP contribution in [-0.4, -0.2) is 50.9 Å². The van der Waals surface area contributed by atoms with Crippen molar-refractivity contribution >= 4 is 66.7 Å². The third-order valence-corrected chi connectivity index (χ3v) is 9.81. The number of hydrogen-bond donors (Lipinski definition) is 1. The van der Waals surface area contributed by atoms with Crippen LogP contribution in [-0.2, 0) is 26.2 Å². The zero-order chi connectivity index (χ0) is 31.2. The van der Waals surface area contributed by atoms with Crippen LogP contribution in [0.4, 0.5) is 5.69 Å². The van der Waals surface area contributed by atoms with E-state index in [1.165, 1.54) is 30.2 Å². The highest BCUT2D eigenvalue weighted by Gasteiger charge is 2.33. The largest absolute Gasteiger partial charge is 0.496 e. The molecule has 0 fully saturated rings. The molecule has 226 valence electrons. The first-order valence-corrected chi connectivity index (χ1v) is 16.2. The number of sulfonamides is 1. The number of nitrogens with zero attached hydrogens (tertiary/aromatic N) is 2. The van der Waals surface area contributed by atoms with E-state index < -0.39 is 28.5 Å². The molecule has 1 N–H and O–H groups in total. The van der Waals surface area contributed by atoms with Crippen LogP contribution in [0.2, 0.25) is 10.0 Å². The first kappa shape index (κ1) is 33.7. The first-order chi connectivity index (χ1) is 19.8. The molecule has 0 radical (unpaired) electrons. The van der Waals surface area contributed by atoms with Gasteiger partial charge in [0, 0.05) is 22.6 Å². The van der Waals surface area contributed by atoms with Crippen molar-refractivity contribution in [3.63, 3.8) is 0 Å². The molecule has 3 aromatic carbocycles. The molecular weight excluding hydrogens is 665 g/mol. The van der Waals surface area contributed by atoms with Crippen LogP contribution in [0.25, 0.3) is 0 Å². The summed E-state index contributed by atoms with van der Waals surface area (Å²) in [4.78, 5) is 28.5. The number of amides is 2. The summed E-state index contributed by atoms with van der Waals surface area (Å²) in [5, 5.41) is 3.65. The lowest BCUT2D eigenvalue weighted by molar-refractivity contribution is -0.139. The first-order valence-electron chi connectivity index (χ1n) is 13.2. The van der Waals surface area contributed by atoms with Crippen LogP contribution >= 0.6 is 39.1 Å². The molecule has 2 amide bonds. The Morgan fingerprint density at radius 2 is 1.69 bits per heavy atom. The van der Waals surface area contributed by atoms with E-state index in [-0.39, 0.29) is 23.4 Å². The van der Waals surface area contributed by atoms with Gasteiger partial charge in [0.15, 0.2) is 0 Å². The van der Waals surface area contributed by atoms with E-state index in [1.54, 1.807) is 49.4 Å². The van der Waals surface area contributed by atoms with Crippen LogP contribution in [0.3, 0.4) is 0 Å². The second kappa shape index (κ2) is 14.6. The van der Waals surface area contributed by atoms with Crippen LogP contribution in [0.5, 0.6) is 5.75 Å². The maximum atomic E-state index is 14.1. The Bertz CT molecular complexity index is 1540. The van der Waals surface area contributed by atoms with Crippen molar-refractivity contribution in [3.05, 3.63) is 86.3 Å². The number of aryl methyl sites for hydroxylation is 1. The van der Waals surface area contributed by atoms with Gasteiger partial charge < -0.3 is 15.0 Å². The number of halogens is 3. The molecule has 2 atom stereocenters. The minimum absolute atomic E-state index is 0.0419. The summed E-state index contributed by atoms with van der Waals surface area (Å²) in [5.41, 5.74) is 1.77. The topological polar surface area (TPSA) is 96.0 Å². The number of carbonyl (C=O) groups excluding carboxylic acids is 2. The molecule has 0 unspecified atom stereocenters. The van der Waals surface area contributed by atoms with Gasteiger partial charge in [0.2, 0.25) is 11.8 Å². The molecule has 0 bridgehead atoms. The monoisotopic (exact) mass is 697 g/mol. The van der Waals surface area contributed by atoms with Gasteiger partial charge in [-0.15, -0.1) is 0 Å². The molecular formula is C30H34BrCl2N3O5S. The van der Waals surface area contributed by atoms with Crippen LogP contribution in [0.1, 0.15) is 38.3 Å². The van der Waals surface area contributed by atoms with Gasteiger partial charge in [-0.05, 0) is 91.1 Å². The number of anilines is 1. The van der Waals surface area contributed by atoms with E-state index in [1.807, 2.05) is 20.8 Å². The fraction of sp³-hybridized carbons (Fsp3) is 0.333. The summed E-state index contributed by atoms with van der Waals surface area (Å²) in [6.45, 7) is 6.68. The number of ether oxygens (including phenoxy) is 1. The lowest BCUT2D eigenvalue weighted by Gasteiger charge is -2.32. The van der Waals surface area contributed by atoms with E-state index in [9.17, 15) is 18.0 Å². The number of methoxy groups -OCH3 is 1. The quantitative estimate of drug-likeness (QED) is 0.230. The molecule has 0 aromatic heterocycles. The van der Waals surface area contributed by atoms with Crippen molar-refractivity contribution < 1.29 is 22.7 Å². The maximum Gasteiger partial charge on any atom is 0.264 e. The fourth-order valence-electron chi connectivity index (χ4n) is 4.06. The van der Waals surface area contributed by atoms with Crippen LogP contribution in [0.15, 0.2) is 70.0 Å². The van der Waals surface area contributed by atoms with E-state index >= 15 is 0 Å². The molecule has 12 heteroatoms. The summed E-state index contributed by atoms with van der Waals surface area (Å²) in [6.07, 6.45) is 0.701. The SMILES string of the molecule is CC[C@@H](C)NC(=O)[C@H](C)N(Cc1ccc(Cl)cc1Cl)C(=O)CN(c1ccc(C)cc1)S(=O)(=O)c1ccc(OC)c(Br)c1. The molecule has 3 aromatic rings. The van der Waals surface area contributed by atoms with Crippen molar-refractivity contribution in [2.24, 2.45) is 0 Å². The molecule has 0 aliphatic carbocycles. The predicted octanol–water partition coefficient (Wildman–Crippen LogP) is 6.60. The molecule has 0 saturated heterocycles. The molecule has 0 aliphatic heterocycles. The second-order valence-corrected chi connectivity index (χ2v) is 13.5. The van der Waals surface area contributed by atoms with Gasteiger partial charge in [0.05, 0.1) is 22.2 Å². The Morgan fingerprint density at radius 3 is 2.26 bits per heavy atom. The summed E-state index contributed by atoms with van der Waals surface area (Å²) < 4.78 is 34.8. The van der Waals surface area contributed by atoms with Gasteiger partial charge in [-0.2, -0.15) is 0 Å². The van der Waals surface area contributed by atoms with Crippen LogP contribution in [0, 0.1) is 6.92 Å². The summed E-state index contributed by atoms with van der Waals surface area (Å²) in [5.74, 6) is -0.504. The van der Waals surface area contributed by atoms with Crippen molar-refractivity contribution in [2.75, 3.05) is 18.0 Å². The molecule has 8 nitrogen and oxygen atoms in total. The third-order valence-electron chi connectivity index (χ3n) is 6.84. The minimum atomic E-state index is -4.24. The highest BCUT2D eigenvalue weighted by Crippen LogP contribution is 2.31. The Hall–Kier alpha value is -2.79. The summed E-state index contributed by atoms with van der Waals surface area (Å²) >= 11 is 15.9. The predicted molar refractivity (Wildman–Crippen MR) is 171 cm³/mol. The van der Waals surface area contributed by atoms with Crippen molar-refractivity contribution in [2.45, 2.75) is 57.6 Å². The number of carbonyl (C=O) groups is 2. The normalized spacial score (nSPS) is 12.8. The van der Waals surface area contributed by atoms with Gasteiger partial charge in [-0.3, -0.25) is 13.9 Å². The van der Waals surface area contributed by atoms with Crippen molar-refractivity contribution in [1.82, 2.24) is 10.2 Å². The Labute approximate surface area is 266 Å². The highest BCUT2D eigenvalue weighted by atomic mass is 79.9. The van der Waals surface area contributed by atoms with E-state index in [2.05, 4.69) is 21.2 Å². The van der Waals surface area contributed by atoms with Gasteiger partial charge >= 0.3 is 0 Å². The van der Waals surface area contributed by atoms with Gasteiger partial charge in [0.25, 0.3) is 10.0 Å².